The first-order valence-corrected chi connectivity index (χ1v) is 13.9. The number of hydrogen-bond acceptors (Lipinski definition) is 12. The number of aromatic nitrogens is 4. The fourth-order valence-corrected chi connectivity index (χ4v) is 4.92. The molecule has 2 fully saturated rings. The lowest BCUT2D eigenvalue weighted by Gasteiger charge is -2.17. The summed E-state index contributed by atoms with van der Waals surface area (Å²) in [5.41, 5.74) is 15.9. The number of esters is 2. The van der Waals surface area contributed by atoms with Crippen molar-refractivity contribution in [3.63, 3.8) is 0 Å². The number of nitrogens with one attached hydrogen (secondary N) is 2. The number of hydrogen-bond donors (Lipinski definition) is 2. The average Bonchev–Trinajstić information content (AvgIpc) is 3.58. The van der Waals surface area contributed by atoms with Crippen LogP contribution in [0.4, 0.5) is 0 Å². The Morgan fingerprint density at radius 3 is 1.60 bits per heavy atom. The molecule has 2 aliphatic heterocycles. The van der Waals surface area contributed by atoms with E-state index >= 15 is 0 Å². The van der Waals surface area contributed by atoms with Crippen LogP contribution in [0.15, 0.2) is 41.8 Å². The van der Waals surface area contributed by atoms with Crippen molar-refractivity contribution >= 4 is 11.9 Å². The van der Waals surface area contributed by atoms with Crippen molar-refractivity contribution < 1.29 is 28.5 Å². The van der Waals surface area contributed by atoms with E-state index in [1.165, 1.54) is 35.4 Å². The molecule has 0 spiro atoms. The number of nitrogens with zero attached hydrogens (tertiary/aromatic N) is 8. The van der Waals surface area contributed by atoms with E-state index in [1.807, 2.05) is 0 Å². The van der Waals surface area contributed by atoms with Gasteiger partial charge < -0.3 is 18.9 Å². The van der Waals surface area contributed by atoms with E-state index in [9.17, 15) is 28.8 Å². The molecule has 2 aliphatic rings. The minimum Gasteiger partial charge on any atom is -0.463 e. The summed E-state index contributed by atoms with van der Waals surface area (Å²) in [7, 11) is 0. The summed E-state index contributed by atoms with van der Waals surface area (Å²) in [6.45, 7) is 2.48. The molecule has 20 nitrogen and oxygen atoms in total. The number of aromatic amines is 2. The fraction of sp³-hybridized carbons (Fsp3) is 0.600. The third-order valence-electron chi connectivity index (χ3n) is 7.30. The summed E-state index contributed by atoms with van der Waals surface area (Å²) in [6.07, 6.45) is -0.761. The summed E-state index contributed by atoms with van der Waals surface area (Å²) >= 11 is 0. The first-order valence-electron chi connectivity index (χ1n) is 13.9. The van der Waals surface area contributed by atoms with E-state index in [0.29, 0.717) is 0 Å². The van der Waals surface area contributed by atoms with Gasteiger partial charge in [-0.25, -0.2) is 9.59 Å². The lowest BCUT2D eigenvalue weighted by molar-refractivity contribution is -0.150. The summed E-state index contributed by atoms with van der Waals surface area (Å²) in [6, 6.07) is -1.50. The van der Waals surface area contributed by atoms with Crippen molar-refractivity contribution in [1.29, 1.82) is 0 Å². The number of ether oxygens (including phenoxy) is 4. The molecule has 0 bridgehead atoms. The zero-order valence-corrected chi connectivity index (χ0v) is 24.2. The van der Waals surface area contributed by atoms with E-state index in [4.69, 9.17) is 30.0 Å². The normalized spacial score (nSPS) is 24.0. The van der Waals surface area contributed by atoms with Gasteiger partial charge in [-0.3, -0.25) is 38.3 Å². The van der Waals surface area contributed by atoms with Crippen molar-refractivity contribution in [2.24, 2.45) is 10.2 Å². The van der Waals surface area contributed by atoms with Gasteiger partial charge in [-0.1, -0.05) is 10.2 Å². The van der Waals surface area contributed by atoms with Gasteiger partial charge in [0.2, 0.25) is 0 Å². The molecule has 0 saturated carbocycles. The highest BCUT2D eigenvalue weighted by atomic mass is 16.6. The van der Waals surface area contributed by atoms with Crippen LogP contribution in [-0.4, -0.2) is 68.5 Å². The Bertz CT molecular complexity index is 1640. The van der Waals surface area contributed by atoms with Crippen LogP contribution in [0.2, 0.25) is 0 Å². The molecule has 6 unspecified atom stereocenters. The van der Waals surface area contributed by atoms with E-state index in [1.54, 1.807) is 0 Å². The highest BCUT2D eigenvalue weighted by Gasteiger charge is 2.38. The Morgan fingerprint density at radius 2 is 1.22 bits per heavy atom. The molecule has 4 rings (SSSR count). The molecule has 0 aromatic carbocycles. The van der Waals surface area contributed by atoms with Crippen LogP contribution in [0.1, 0.15) is 55.7 Å². The number of azide groups is 2. The van der Waals surface area contributed by atoms with E-state index in [2.05, 4.69) is 30.0 Å². The molecule has 45 heavy (non-hydrogen) atoms. The van der Waals surface area contributed by atoms with Gasteiger partial charge in [-0.2, -0.15) is 0 Å². The zero-order chi connectivity index (χ0) is 32.7. The molecule has 240 valence electrons. The third kappa shape index (κ3) is 8.07. The molecule has 2 N–H and O–H groups in total. The largest absolute Gasteiger partial charge is 0.463 e. The van der Waals surface area contributed by atoms with E-state index < -0.39 is 71.2 Å². The second-order valence-corrected chi connectivity index (χ2v) is 10.5. The number of carbonyl (C=O) groups excluding carboxylic acids is 2. The minimum atomic E-state index is -0.860. The SMILES string of the molecule is Cc1cn(C2CC(N=[N+]=[N-])C(COC(=O)CCCC(=O)OCC3OC(n4cc(C)c(=O)[nH]c4=O)CC3N=[N+]=[N-])O2)c(=O)[nH]c1=O. The monoisotopic (exact) mass is 630 g/mol. The van der Waals surface area contributed by atoms with Crippen LogP contribution >= 0.6 is 0 Å². The van der Waals surface area contributed by atoms with Crippen LogP contribution in [0.25, 0.3) is 20.9 Å². The van der Waals surface area contributed by atoms with Crippen molar-refractivity contribution in [2.45, 2.75) is 82.7 Å². The van der Waals surface area contributed by atoms with Crippen molar-refractivity contribution in [3.05, 3.63) is 86.1 Å². The highest BCUT2D eigenvalue weighted by Crippen LogP contribution is 2.31. The Kier molecular flexibility index (Phi) is 10.6. The maximum absolute atomic E-state index is 12.3. The first kappa shape index (κ1) is 32.7. The summed E-state index contributed by atoms with van der Waals surface area (Å²) < 4.78 is 24.4. The van der Waals surface area contributed by atoms with Crippen molar-refractivity contribution in [3.8, 4) is 0 Å². The molecular formula is C25H30N10O10. The third-order valence-corrected chi connectivity index (χ3v) is 7.30. The predicted molar refractivity (Wildman–Crippen MR) is 151 cm³/mol. The second-order valence-electron chi connectivity index (χ2n) is 10.5. The predicted octanol–water partition coefficient (Wildman–Crippen LogP) is 0.893. The summed E-state index contributed by atoms with van der Waals surface area (Å²) in [5.74, 6) is -1.31. The molecule has 20 heteroatoms. The van der Waals surface area contributed by atoms with Gasteiger partial charge in [0.1, 0.15) is 37.9 Å². The summed E-state index contributed by atoms with van der Waals surface area (Å²) in [4.78, 5) is 82.3. The molecule has 4 heterocycles. The minimum absolute atomic E-state index is 0.0810. The molecular weight excluding hydrogens is 600 g/mol. The Labute approximate surface area is 252 Å². The zero-order valence-electron chi connectivity index (χ0n) is 24.2. The molecule has 2 saturated heterocycles. The molecule has 2 aromatic rings. The quantitative estimate of drug-likeness (QED) is 0.144. The highest BCUT2D eigenvalue weighted by molar-refractivity contribution is 5.72. The number of H-pyrrole nitrogens is 2. The Balaban J connectivity index is 1.22. The molecule has 2 aromatic heterocycles. The van der Waals surface area contributed by atoms with E-state index in [-0.39, 0.29) is 56.4 Å². The number of rotatable bonds is 12. The lowest BCUT2D eigenvalue weighted by Crippen LogP contribution is -2.33. The fourth-order valence-electron chi connectivity index (χ4n) is 4.92. The second kappa shape index (κ2) is 14.5. The van der Waals surface area contributed by atoms with Gasteiger partial charge in [0, 0.05) is 59.0 Å². The molecule has 0 aliphatic carbocycles. The smallest absolute Gasteiger partial charge is 0.330 e. The van der Waals surface area contributed by atoms with Gasteiger partial charge in [0.05, 0.1) is 12.1 Å². The first-order chi connectivity index (χ1) is 21.5. The maximum atomic E-state index is 12.3. The molecule has 0 radical (unpaired) electrons. The van der Waals surface area contributed by atoms with E-state index in [0.717, 1.165) is 0 Å². The van der Waals surface area contributed by atoms with Gasteiger partial charge in [0.15, 0.2) is 0 Å². The van der Waals surface area contributed by atoms with Crippen molar-refractivity contribution in [1.82, 2.24) is 19.1 Å². The number of carbonyl (C=O) groups is 2. The summed E-state index contributed by atoms with van der Waals surface area (Å²) in [5, 5.41) is 7.33. The van der Waals surface area contributed by atoms with Crippen LogP contribution in [-0.2, 0) is 28.5 Å². The lowest BCUT2D eigenvalue weighted by atomic mass is 10.1. The van der Waals surface area contributed by atoms with Crippen LogP contribution in [0, 0.1) is 13.8 Å². The van der Waals surface area contributed by atoms with Crippen LogP contribution < -0.4 is 22.5 Å². The molecule has 0 amide bonds. The van der Waals surface area contributed by atoms with Gasteiger partial charge in [0.25, 0.3) is 11.1 Å². The average molecular weight is 631 g/mol. The Hall–Kier alpha value is -5.16. The van der Waals surface area contributed by atoms with Crippen LogP contribution in [0.5, 0.6) is 0 Å². The Morgan fingerprint density at radius 1 is 0.822 bits per heavy atom. The van der Waals surface area contributed by atoms with Gasteiger partial charge in [-0.15, -0.1) is 0 Å². The van der Waals surface area contributed by atoms with Crippen molar-refractivity contribution in [2.75, 3.05) is 13.2 Å². The number of aryl methyl sites for hydroxylation is 2. The molecule has 6 atom stereocenters. The van der Waals surface area contributed by atoms with Crippen LogP contribution in [0.3, 0.4) is 0 Å². The standard InChI is InChI=1S/C25H30N10O10/c1-12-8-34(24(40)28-22(12)38)18-6-14(30-32-26)16(44-18)10-42-20(36)4-3-5-21(37)43-11-17-15(31-33-27)7-19(45-17)35-9-13(2)23(39)29-25(35)41/h8-9,14-19H,3-7,10-11H2,1-2H3,(H,28,38,40)(H,29,39,41). The van der Waals surface area contributed by atoms with Gasteiger partial charge in [-0.05, 0) is 31.3 Å². The topological polar surface area (TPSA) is 278 Å². The maximum Gasteiger partial charge on any atom is 0.330 e. The van der Waals surface area contributed by atoms with Gasteiger partial charge >= 0.3 is 23.3 Å².